The number of nitrogens with one attached hydrogen (secondary N) is 4. The van der Waals surface area contributed by atoms with Gasteiger partial charge >= 0.3 is 11.7 Å². The van der Waals surface area contributed by atoms with Gasteiger partial charge in [0.25, 0.3) is 0 Å². The Bertz CT molecular complexity index is 1630. The standard InChI is InChI=1S/C33H43N7O3/c1-21(26-20-35-27-10-3-2-9-25(26)27)30(31(41)36-19-23-8-6-7-22(17-23)18-34)38-32(42)39-15-13-24(14-16-39)40-29-12-5-4-11-28(29)37-33(40)43/h2-5,9-12,20-24,30,35H,6-8,13-19,34H2,1H3,(H,36,41)(H,37,43)(H,38,42)/t21-,22+,23+,30+/m0/s1. The molecule has 2 fully saturated rings. The first-order chi connectivity index (χ1) is 20.9. The van der Waals surface area contributed by atoms with E-state index < -0.39 is 6.04 Å². The minimum Gasteiger partial charge on any atom is -0.361 e. The molecule has 3 heterocycles. The average Bonchev–Trinajstić information content (AvgIpc) is 3.62. The number of benzene rings is 2. The fraction of sp³-hybridized carbons (Fsp3) is 0.485. The number of rotatable bonds is 8. The van der Waals surface area contributed by atoms with E-state index in [2.05, 4.69) is 20.6 Å². The molecule has 0 spiro atoms. The molecular weight excluding hydrogens is 542 g/mol. The number of piperidine rings is 1. The molecule has 0 bridgehead atoms. The number of aromatic amines is 2. The van der Waals surface area contributed by atoms with Crippen molar-refractivity contribution in [2.24, 2.45) is 17.6 Å². The Hall–Kier alpha value is -4.05. The fourth-order valence-corrected chi connectivity index (χ4v) is 7.21. The number of fused-ring (bicyclic) bond motifs is 2. The Balaban J connectivity index is 1.15. The SMILES string of the molecule is C[C@@H](c1c[nH]c2ccccc12)[C@@H](NC(=O)N1CCC(n2c(=O)[nH]c3ccccc32)CC1)C(=O)NC[C@@H]1CCC[C@@H](CN)C1. The van der Waals surface area contributed by atoms with Gasteiger partial charge in [0.2, 0.25) is 5.91 Å². The summed E-state index contributed by atoms with van der Waals surface area (Å²) in [5, 5.41) is 7.33. The third-order valence-electron chi connectivity index (χ3n) is 9.70. The van der Waals surface area contributed by atoms with Crippen molar-refractivity contribution in [3.05, 3.63) is 70.8 Å². The zero-order valence-electron chi connectivity index (χ0n) is 24.9. The summed E-state index contributed by atoms with van der Waals surface area (Å²) in [5.74, 6) is 0.490. The van der Waals surface area contributed by atoms with Crippen molar-refractivity contribution in [3.63, 3.8) is 0 Å². The van der Waals surface area contributed by atoms with Crippen LogP contribution in [0, 0.1) is 11.8 Å². The first kappa shape index (κ1) is 29.0. The molecule has 2 aromatic carbocycles. The van der Waals surface area contributed by atoms with Crippen LogP contribution >= 0.6 is 0 Å². The molecule has 6 rings (SSSR count). The van der Waals surface area contributed by atoms with Crippen molar-refractivity contribution in [2.45, 2.75) is 63.5 Å². The second-order valence-electron chi connectivity index (χ2n) is 12.4. The van der Waals surface area contributed by atoms with Gasteiger partial charge in [0.1, 0.15) is 6.04 Å². The Morgan fingerprint density at radius 1 is 1.00 bits per heavy atom. The number of urea groups is 1. The van der Waals surface area contributed by atoms with Crippen LogP contribution in [0.2, 0.25) is 0 Å². The molecule has 3 amide bonds. The van der Waals surface area contributed by atoms with E-state index >= 15 is 0 Å². The molecule has 10 nitrogen and oxygen atoms in total. The summed E-state index contributed by atoms with van der Waals surface area (Å²) in [7, 11) is 0. The molecule has 10 heteroatoms. The highest BCUT2D eigenvalue weighted by Crippen LogP contribution is 2.30. The maximum Gasteiger partial charge on any atom is 0.326 e. The maximum atomic E-state index is 13.8. The Labute approximate surface area is 251 Å². The molecule has 1 aliphatic carbocycles. The Kier molecular flexibility index (Phi) is 8.56. The molecule has 1 saturated carbocycles. The Morgan fingerprint density at radius 2 is 1.72 bits per heavy atom. The number of para-hydroxylation sites is 3. The lowest BCUT2D eigenvalue weighted by atomic mass is 9.81. The first-order valence-corrected chi connectivity index (χ1v) is 15.7. The van der Waals surface area contributed by atoms with Crippen molar-refractivity contribution >= 4 is 33.9 Å². The molecule has 1 saturated heterocycles. The largest absolute Gasteiger partial charge is 0.361 e. The predicted octanol–water partition coefficient (Wildman–Crippen LogP) is 4.21. The van der Waals surface area contributed by atoms with Crippen LogP contribution in [-0.2, 0) is 4.79 Å². The van der Waals surface area contributed by atoms with Gasteiger partial charge in [-0.25, -0.2) is 9.59 Å². The number of aromatic nitrogens is 3. The number of H-pyrrole nitrogens is 2. The quantitative estimate of drug-likeness (QED) is 0.211. The molecule has 2 aromatic heterocycles. The number of carbonyl (C=O) groups is 2. The van der Waals surface area contributed by atoms with Gasteiger partial charge in [-0.05, 0) is 74.2 Å². The van der Waals surface area contributed by atoms with E-state index in [1.54, 1.807) is 4.90 Å². The van der Waals surface area contributed by atoms with Crippen LogP contribution in [0.25, 0.3) is 21.9 Å². The van der Waals surface area contributed by atoms with Gasteiger partial charge in [0.15, 0.2) is 0 Å². The van der Waals surface area contributed by atoms with Gasteiger partial charge in [-0.3, -0.25) is 9.36 Å². The van der Waals surface area contributed by atoms with E-state index in [9.17, 15) is 14.4 Å². The van der Waals surface area contributed by atoms with E-state index in [0.717, 1.165) is 53.2 Å². The molecule has 0 unspecified atom stereocenters. The Morgan fingerprint density at radius 3 is 2.51 bits per heavy atom. The summed E-state index contributed by atoms with van der Waals surface area (Å²) in [4.78, 5) is 48.2. The first-order valence-electron chi connectivity index (χ1n) is 15.7. The lowest BCUT2D eigenvalue weighted by Crippen LogP contribution is -2.55. The van der Waals surface area contributed by atoms with Crippen LogP contribution in [0.3, 0.4) is 0 Å². The molecule has 6 N–H and O–H groups in total. The van der Waals surface area contributed by atoms with Crippen LogP contribution in [0.1, 0.15) is 63.0 Å². The molecule has 43 heavy (non-hydrogen) atoms. The third-order valence-corrected chi connectivity index (χ3v) is 9.70. The molecule has 0 radical (unpaired) electrons. The van der Waals surface area contributed by atoms with Crippen LogP contribution in [0.4, 0.5) is 4.79 Å². The number of imidazole rings is 1. The summed E-state index contributed by atoms with van der Waals surface area (Å²) in [6.45, 7) is 4.28. The van der Waals surface area contributed by atoms with Gasteiger partial charge in [-0.15, -0.1) is 0 Å². The van der Waals surface area contributed by atoms with E-state index in [1.165, 1.54) is 0 Å². The lowest BCUT2D eigenvalue weighted by molar-refractivity contribution is -0.123. The molecule has 2 aliphatic rings. The second-order valence-corrected chi connectivity index (χ2v) is 12.4. The highest BCUT2D eigenvalue weighted by molar-refractivity contribution is 5.90. The average molecular weight is 586 g/mol. The van der Waals surface area contributed by atoms with Crippen LogP contribution < -0.4 is 22.1 Å². The van der Waals surface area contributed by atoms with Crippen LogP contribution in [0.15, 0.2) is 59.5 Å². The van der Waals surface area contributed by atoms with Gasteiger partial charge in [-0.1, -0.05) is 43.7 Å². The van der Waals surface area contributed by atoms with E-state index in [4.69, 9.17) is 5.73 Å². The van der Waals surface area contributed by atoms with Gasteiger partial charge < -0.3 is 31.2 Å². The smallest absolute Gasteiger partial charge is 0.326 e. The van der Waals surface area contributed by atoms with Crippen molar-refractivity contribution < 1.29 is 9.59 Å². The van der Waals surface area contributed by atoms with Gasteiger partial charge in [0, 0.05) is 48.7 Å². The number of amides is 3. The number of hydrogen-bond donors (Lipinski definition) is 5. The van der Waals surface area contributed by atoms with E-state index in [-0.39, 0.29) is 29.6 Å². The summed E-state index contributed by atoms with van der Waals surface area (Å²) in [6, 6.07) is 14.7. The zero-order valence-corrected chi connectivity index (χ0v) is 24.9. The van der Waals surface area contributed by atoms with Crippen molar-refractivity contribution in [1.29, 1.82) is 0 Å². The monoisotopic (exact) mass is 585 g/mol. The number of nitrogens with two attached hydrogens (primary N) is 1. The van der Waals surface area contributed by atoms with Crippen LogP contribution in [-0.4, -0.2) is 63.6 Å². The topological polar surface area (TPSA) is 141 Å². The maximum absolute atomic E-state index is 13.8. The number of hydrogen-bond acceptors (Lipinski definition) is 4. The van der Waals surface area contributed by atoms with Crippen LogP contribution in [0.5, 0.6) is 0 Å². The van der Waals surface area contributed by atoms with Gasteiger partial charge in [-0.2, -0.15) is 0 Å². The zero-order chi connectivity index (χ0) is 29.9. The second kappa shape index (κ2) is 12.7. The van der Waals surface area contributed by atoms with E-state index in [1.807, 2.05) is 66.2 Å². The predicted molar refractivity (Wildman–Crippen MR) is 169 cm³/mol. The summed E-state index contributed by atoms with van der Waals surface area (Å²) < 4.78 is 1.82. The van der Waals surface area contributed by atoms with Crippen molar-refractivity contribution in [1.82, 2.24) is 30.1 Å². The molecule has 228 valence electrons. The number of nitrogens with zero attached hydrogens (tertiary/aromatic N) is 2. The minimum absolute atomic E-state index is 0.00443. The minimum atomic E-state index is -0.741. The van der Waals surface area contributed by atoms with Gasteiger partial charge in [0.05, 0.1) is 11.0 Å². The normalized spacial score (nSPS) is 21.1. The third kappa shape index (κ3) is 6.06. The number of likely N-dealkylation sites (tertiary alicyclic amines) is 1. The fourth-order valence-electron chi connectivity index (χ4n) is 7.21. The molecular formula is C33H43N7O3. The molecule has 1 aliphatic heterocycles. The van der Waals surface area contributed by atoms with E-state index in [0.29, 0.717) is 50.9 Å². The highest BCUT2D eigenvalue weighted by Gasteiger charge is 2.33. The van der Waals surface area contributed by atoms with Crippen molar-refractivity contribution in [3.8, 4) is 0 Å². The lowest BCUT2D eigenvalue weighted by Gasteiger charge is -2.34. The summed E-state index contributed by atoms with van der Waals surface area (Å²) in [6.07, 6.45) is 7.67. The molecule has 4 atom stereocenters. The molecule has 4 aromatic rings. The van der Waals surface area contributed by atoms with Crippen molar-refractivity contribution in [2.75, 3.05) is 26.2 Å². The number of carbonyl (C=O) groups excluding carboxylic acids is 2. The highest BCUT2D eigenvalue weighted by atomic mass is 16.2. The summed E-state index contributed by atoms with van der Waals surface area (Å²) >= 11 is 0. The summed E-state index contributed by atoms with van der Waals surface area (Å²) in [5.41, 5.74) is 9.52.